The van der Waals surface area contributed by atoms with Crippen LogP contribution in [0.25, 0.3) is 0 Å². The second-order valence-corrected chi connectivity index (χ2v) is 3.80. The van der Waals surface area contributed by atoms with E-state index >= 15 is 0 Å². The minimum atomic E-state index is -0.165. The predicted molar refractivity (Wildman–Crippen MR) is 54.1 cm³/mol. The largest absolute Gasteiger partial charge is 0.369 e. The number of hydrogen-bond donors (Lipinski definition) is 2. The summed E-state index contributed by atoms with van der Waals surface area (Å²) in [6.45, 7) is 2.01. The second-order valence-electron chi connectivity index (χ2n) is 3.80. The van der Waals surface area contributed by atoms with Crippen molar-refractivity contribution in [2.75, 3.05) is 25.9 Å². The van der Waals surface area contributed by atoms with E-state index in [4.69, 9.17) is 5.73 Å². The maximum absolute atomic E-state index is 11.2. The van der Waals surface area contributed by atoms with Crippen molar-refractivity contribution in [3.05, 3.63) is 22.1 Å². The number of nitrogen functional groups attached to an aromatic ring is 1. The highest BCUT2D eigenvalue weighted by molar-refractivity contribution is 5.20. The molecule has 1 atom stereocenters. The average Bonchev–Trinajstić information content (AvgIpc) is 2.50. The number of hydrogen-bond acceptors (Lipinski definition) is 4. The third-order valence-electron chi connectivity index (χ3n) is 2.59. The van der Waals surface area contributed by atoms with Crippen LogP contribution >= 0.6 is 0 Å². The number of H-pyrrole nitrogens is 1. The number of likely N-dealkylation sites (N-methyl/N-ethyl adjacent to an activating group) is 1. The second kappa shape index (κ2) is 3.42. The maximum Gasteiger partial charge on any atom is 0.252 e. The highest BCUT2D eigenvalue weighted by atomic mass is 16.1. The summed E-state index contributed by atoms with van der Waals surface area (Å²) >= 11 is 0. The fourth-order valence-corrected chi connectivity index (χ4v) is 1.88. The fraction of sp³-hybridized carbons (Fsp3) is 0.556. The predicted octanol–water partition coefficient (Wildman–Crippen LogP) is -0.229. The van der Waals surface area contributed by atoms with E-state index in [2.05, 4.69) is 21.9 Å². The van der Waals surface area contributed by atoms with Gasteiger partial charge in [-0.15, -0.1) is 0 Å². The van der Waals surface area contributed by atoms with Gasteiger partial charge in [0.2, 0.25) is 5.95 Å². The Bertz CT molecular complexity index is 387. The number of aromatic amines is 1. The van der Waals surface area contributed by atoms with Crippen molar-refractivity contribution >= 4 is 5.95 Å². The number of nitrogens with two attached hydrogens (primary N) is 1. The van der Waals surface area contributed by atoms with E-state index in [1.807, 2.05) is 0 Å². The van der Waals surface area contributed by atoms with Crippen molar-refractivity contribution in [3.63, 3.8) is 0 Å². The standard InChI is InChI=1S/C9H14N4O/c1-13-3-2-6(5-13)7-4-8(14)12-9(10)11-7/h4,6H,2-3,5H2,1H3,(H3,10,11,12,14). The Kier molecular flexibility index (Phi) is 2.25. The molecule has 3 N–H and O–H groups in total. The first-order valence-corrected chi connectivity index (χ1v) is 4.70. The molecule has 1 aliphatic rings. The van der Waals surface area contributed by atoms with E-state index < -0.39 is 0 Å². The van der Waals surface area contributed by atoms with E-state index in [1.165, 1.54) is 0 Å². The summed E-state index contributed by atoms with van der Waals surface area (Å²) in [4.78, 5) is 20.0. The lowest BCUT2D eigenvalue weighted by atomic mass is 10.1. The summed E-state index contributed by atoms with van der Waals surface area (Å²) in [5.41, 5.74) is 6.13. The molecule has 0 aromatic carbocycles. The smallest absolute Gasteiger partial charge is 0.252 e. The molecule has 0 spiro atoms. The van der Waals surface area contributed by atoms with Gasteiger partial charge in [-0.3, -0.25) is 9.78 Å². The summed E-state index contributed by atoms with van der Waals surface area (Å²) in [5.74, 6) is 0.562. The topological polar surface area (TPSA) is 75.0 Å². The first-order valence-electron chi connectivity index (χ1n) is 4.70. The van der Waals surface area contributed by atoms with Gasteiger partial charge in [-0.2, -0.15) is 0 Å². The van der Waals surface area contributed by atoms with E-state index in [0.717, 1.165) is 25.2 Å². The quantitative estimate of drug-likeness (QED) is 0.647. The summed E-state index contributed by atoms with van der Waals surface area (Å²) < 4.78 is 0. The third kappa shape index (κ3) is 1.77. The molecule has 14 heavy (non-hydrogen) atoms. The van der Waals surface area contributed by atoms with Crippen molar-refractivity contribution in [3.8, 4) is 0 Å². The molecule has 0 bridgehead atoms. The first kappa shape index (κ1) is 9.21. The molecule has 5 nitrogen and oxygen atoms in total. The van der Waals surface area contributed by atoms with E-state index in [0.29, 0.717) is 5.92 Å². The molecule has 2 heterocycles. The Morgan fingerprint density at radius 1 is 1.71 bits per heavy atom. The molecular weight excluding hydrogens is 180 g/mol. The Hall–Kier alpha value is -1.36. The zero-order valence-electron chi connectivity index (χ0n) is 8.16. The summed E-state index contributed by atoms with van der Waals surface area (Å²) in [5, 5.41) is 0. The van der Waals surface area contributed by atoms with Crippen molar-refractivity contribution < 1.29 is 0 Å². The first-order chi connectivity index (χ1) is 6.65. The molecule has 5 heteroatoms. The molecule has 1 unspecified atom stereocenters. The third-order valence-corrected chi connectivity index (χ3v) is 2.59. The number of rotatable bonds is 1. The van der Waals surface area contributed by atoms with E-state index in [-0.39, 0.29) is 11.5 Å². The van der Waals surface area contributed by atoms with Crippen molar-refractivity contribution in [1.29, 1.82) is 0 Å². The summed E-state index contributed by atoms with van der Waals surface area (Å²) in [7, 11) is 2.07. The molecule has 1 aromatic heterocycles. The van der Waals surface area contributed by atoms with Gasteiger partial charge in [-0.25, -0.2) is 4.98 Å². The molecule has 0 aliphatic carbocycles. The Labute approximate surface area is 82.0 Å². The summed E-state index contributed by atoms with van der Waals surface area (Å²) in [6.07, 6.45) is 1.05. The van der Waals surface area contributed by atoms with Crippen LogP contribution < -0.4 is 11.3 Å². The van der Waals surface area contributed by atoms with E-state index in [1.54, 1.807) is 6.07 Å². The molecular formula is C9H14N4O. The lowest BCUT2D eigenvalue weighted by Crippen LogP contribution is -2.17. The van der Waals surface area contributed by atoms with Crippen LogP contribution in [0.4, 0.5) is 5.95 Å². The lowest BCUT2D eigenvalue weighted by Gasteiger charge is -2.09. The van der Waals surface area contributed by atoms with Crippen LogP contribution in [0.1, 0.15) is 18.0 Å². The van der Waals surface area contributed by atoms with Gasteiger partial charge in [0, 0.05) is 18.5 Å². The molecule has 1 fully saturated rings. The molecule has 0 amide bonds. The van der Waals surface area contributed by atoms with Crippen LogP contribution in [-0.2, 0) is 0 Å². The maximum atomic E-state index is 11.2. The number of likely N-dealkylation sites (tertiary alicyclic amines) is 1. The fourth-order valence-electron chi connectivity index (χ4n) is 1.88. The van der Waals surface area contributed by atoms with E-state index in [9.17, 15) is 4.79 Å². The van der Waals surface area contributed by atoms with Crippen LogP contribution in [0.3, 0.4) is 0 Å². The highest BCUT2D eigenvalue weighted by Crippen LogP contribution is 2.23. The average molecular weight is 194 g/mol. The van der Waals surface area contributed by atoms with Gasteiger partial charge in [0.25, 0.3) is 5.56 Å². The van der Waals surface area contributed by atoms with Crippen LogP contribution in [0, 0.1) is 0 Å². The van der Waals surface area contributed by atoms with Crippen molar-refractivity contribution in [2.24, 2.45) is 0 Å². The number of anilines is 1. The van der Waals surface area contributed by atoms with Crippen LogP contribution in [0.5, 0.6) is 0 Å². The molecule has 76 valence electrons. The highest BCUT2D eigenvalue weighted by Gasteiger charge is 2.22. The van der Waals surface area contributed by atoms with Gasteiger partial charge in [-0.1, -0.05) is 0 Å². The molecule has 0 saturated carbocycles. The zero-order valence-corrected chi connectivity index (χ0v) is 8.16. The number of nitrogens with one attached hydrogen (secondary N) is 1. The van der Waals surface area contributed by atoms with Gasteiger partial charge in [0.1, 0.15) is 0 Å². The minimum Gasteiger partial charge on any atom is -0.369 e. The van der Waals surface area contributed by atoms with Crippen LogP contribution in [0.15, 0.2) is 10.9 Å². The van der Waals surface area contributed by atoms with Gasteiger partial charge in [0.15, 0.2) is 0 Å². The van der Waals surface area contributed by atoms with Crippen LogP contribution in [-0.4, -0.2) is 35.0 Å². The monoisotopic (exact) mass is 194 g/mol. The SMILES string of the molecule is CN1CCC(c2cc(=O)[nH]c(N)n2)C1. The van der Waals surface area contributed by atoms with Crippen molar-refractivity contribution in [1.82, 2.24) is 14.9 Å². The van der Waals surface area contributed by atoms with Crippen molar-refractivity contribution in [2.45, 2.75) is 12.3 Å². The molecule has 1 aliphatic heterocycles. The number of nitrogens with zero attached hydrogens (tertiary/aromatic N) is 2. The summed E-state index contributed by atoms with van der Waals surface area (Å²) in [6, 6.07) is 1.54. The van der Waals surface area contributed by atoms with Gasteiger partial charge < -0.3 is 10.6 Å². The lowest BCUT2D eigenvalue weighted by molar-refractivity contribution is 0.410. The Morgan fingerprint density at radius 2 is 2.50 bits per heavy atom. The zero-order chi connectivity index (χ0) is 10.1. The van der Waals surface area contributed by atoms with Crippen LogP contribution in [0.2, 0.25) is 0 Å². The molecule has 1 saturated heterocycles. The molecule has 0 radical (unpaired) electrons. The van der Waals surface area contributed by atoms with Gasteiger partial charge in [-0.05, 0) is 20.0 Å². The van der Waals surface area contributed by atoms with Gasteiger partial charge >= 0.3 is 0 Å². The number of aromatic nitrogens is 2. The van der Waals surface area contributed by atoms with Gasteiger partial charge in [0.05, 0.1) is 5.69 Å². The Balaban J connectivity index is 2.28. The molecule has 1 aromatic rings. The minimum absolute atomic E-state index is 0.165. The Morgan fingerprint density at radius 3 is 3.07 bits per heavy atom. The molecule has 2 rings (SSSR count). The normalized spacial score (nSPS) is 22.8.